The van der Waals surface area contributed by atoms with Crippen molar-refractivity contribution in [3.63, 3.8) is 0 Å². The maximum atomic E-state index is 13.2. The Morgan fingerprint density at radius 3 is 2.49 bits per heavy atom. The summed E-state index contributed by atoms with van der Waals surface area (Å²) in [5.41, 5.74) is 4.52. The molecule has 3 aromatic carbocycles. The zero-order valence-corrected chi connectivity index (χ0v) is 31.0. The van der Waals surface area contributed by atoms with E-state index in [2.05, 4.69) is 29.6 Å². The summed E-state index contributed by atoms with van der Waals surface area (Å²) in [6.45, 7) is 10.2. The average Bonchev–Trinajstić information content (AvgIpc) is 3.11. The van der Waals surface area contributed by atoms with Crippen LogP contribution in [0, 0.1) is 6.92 Å². The van der Waals surface area contributed by atoms with Gasteiger partial charge in [0.25, 0.3) is 0 Å². The van der Waals surface area contributed by atoms with Crippen LogP contribution in [0.1, 0.15) is 87.2 Å². The highest BCUT2D eigenvalue weighted by Crippen LogP contribution is 2.38. The molecule has 10 nitrogen and oxygen atoms in total. The van der Waals surface area contributed by atoms with Crippen molar-refractivity contribution < 1.29 is 38.0 Å². The quantitative estimate of drug-likeness (QED) is 0.159. The first kappa shape index (κ1) is 38.0. The van der Waals surface area contributed by atoms with Crippen molar-refractivity contribution in [3.05, 3.63) is 82.9 Å². The molecule has 0 bridgehead atoms. The molecule has 0 aromatic heterocycles. The Morgan fingerprint density at radius 2 is 1.75 bits per heavy atom. The van der Waals surface area contributed by atoms with Crippen molar-refractivity contribution in [3.8, 4) is 17.2 Å². The molecule has 2 heterocycles. The third-order valence-corrected chi connectivity index (χ3v) is 9.27. The minimum Gasteiger partial charge on any atom is -0.493 e. The molecule has 1 fully saturated rings. The van der Waals surface area contributed by atoms with Gasteiger partial charge in [-0.05, 0) is 99.9 Å². The summed E-state index contributed by atoms with van der Waals surface area (Å²) in [5.74, 6) is 2.34. The lowest BCUT2D eigenvalue weighted by atomic mass is 9.86. The largest absolute Gasteiger partial charge is 0.493 e. The highest BCUT2D eigenvalue weighted by Gasteiger charge is 2.37. The number of amides is 2. The Bertz CT molecular complexity index is 1600. The molecule has 0 aliphatic carbocycles. The van der Waals surface area contributed by atoms with Crippen molar-refractivity contribution in [1.29, 1.82) is 0 Å². The molecule has 0 radical (unpaired) electrons. The lowest BCUT2D eigenvalue weighted by molar-refractivity contribution is -0.116. The maximum Gasteiger partial charge on any atom is 0.410 e. The number of hydrogen-bond donors (Lipinski definition) is 1. The number of hydrogen-bond acceptors (Lipinski definition) is 8. The third kappa shape index (κ3) is 10.6. The van der Waals surface area contributed by atoms with E-state index in [4.69, 9.17) is 28.4 Å². The lowest BCUT2D eigenvalue weighted by Crippen LogP contribution is -2.48. The molecule has 0 spiro atoms. The van der Waals surface area contributed by atoms with Crippen molar-refractivity contribution in [2.75, 3.05) is 52.4 Å². The van der Waals surface area contributed by atoms with Crippen LogP contribution >= 0.6 is 0 Å². The van der Waals surface area contributed by atoms with Gasteiger partial charge in [-0.25, -0.2) is 4.79 Å². The zero-order chi connectivity index (χ0) is 36.4. The van der Waals surface area contributed by atoms with Crippen LogP contribution in [0.4, 0.5) is 10.5 Å². The van der Waals surface area contributed by atoms with Crippen LogP contribution in [0.3, 0.4) is 0 Å². The second-order valence-electron chi connectivity index (χ2n) is 14.3. The minimum absolute atomic E-state index is 0.0283. The molecule has 1 N–H and O–H groups in total. The summed E-state index contributed by atoms with van der Waals surface area (Å²) >= 11 is 0. The van der Waals surface area contributed by atoms with Crippen LogP contribution in [0.15, 0.2) is 60.7 Å². The second-order valence-corrected chi connectivity index (χ2v) is 14.3. The van der Waals surface area contributed by atoms with Gasteiger partial charge in [-0.3, -0.25) is 4.79 Å². The van der Waals surface area contributed by atoms with E-state index in [1.807, 2.05) is 64.1 Å². The van der Waals surface area contributed by atoms with Gasteiger partial charge in [0.15, 0.2) is 11.5 Å². The van der Waals surface area contributed by atoms with Crippen LogP contribution in [0.5, 0.6) is 17.2 Å². The Labute approximate surface area is 302 Å². The van der Waals surface area contributed by atoms with E-state index in [1.165, 1.54) is 0 Å². The Morgan fingerprint density at radius 1 is 0.961 bits per heavy atom. The second kappa shape index (κ2) is 17.8. The summed E-state index contributed by atoms with van der Waals surface area (Å²) in [4.78, 5) is 27.2. The number of rotatable bonds is 15. The van der Waals surface area contributed by atoms with Crippen LogP contribution in [-0.4, -0.2) is 75.7 Å². The molecule has 2 aliphatic rings. The van der Waals surface area contributed by atoms with E-state index in [9.17, 15) is 9.59 Å². The molecule has 1 saturated heterocycles. The highest BCUT2D eigenvalue weighted by molar-refractivity contribution is 5.94. The first-order valence-electron chi connectivity index (χ1n) is 18.1. The molecule has 3 atom stereocenters. The molecule has 5 rings (SSSR count). The molecule has 276 valence electrons. The first-order chi connectivity index (χ1) is 24.5. The lowest BCUT2D eigenvalue weighted by Gasteiger charge is -2.40. The Hall–Kier alpha value is -4.28. The maximum absolute atomic E-state index is 13.2. The fourth-order valence-corrected chi connectivity index (χ4v) is 6.66. The topological polar surface area (TPSA) is 105 Å². The molecule has 3 aromatic rings. The number of para-hydroxylation sites is 1. The number of fused-ring (bicyclic) bond motifs is 1. The first-order valence-corrected chi connectivity index (χ1v) is 18.1. The van der Waals surface area contributed by atoms with Gasteiger partial charge in [0, 0.05) is 44.7 Å². The number of anilines is 1. The summed E-state index contributed by atoms with van der Waals surface area (Å²) < 4.78 is 35.7. The molecule has 3 unspecified atom stereocenters. The fourth-order valence-electron chi connectivity index (χ4n) is 6.66. The normalized spacial score (nSPS) is 18.0. The van der Waals surface area contributed by atoms with Gasteiger partial charge in [-0.2, -0.15) is 0 Å². The molecule has 0 saturated carbocycles. The predicted molar refractivity (Wildman–Crippen MR) is 197 cm³/mol. The van der Waals surface area contributed by atoms with Crippen LogP contribution in [0.25, 0.3) is 0 Å². The van der Waals surface area contributed by atoms with Gasteiger partial charge in [0.1, 0.15) is 11.4 Å². The number of benzene rings is 3. The van der Waals surface area contributed by atoms with E-state index in [0.29, 0.717) is 39.3 Å². The van der Waals surface area contributed by atoms with Gasteiger partial charge in [0.05, 0.1) is 39.1 Å². The van der Waals surface area contributed by atoms with E-state index < -0.39 is 5.60 Å². The molecule has 2 aliphatic heterocycles. The number of carbonyl (C=O) groups excluding carboxylic acids is 2. The average molecular weight is 703 g/mol. The predicted octanol–water partition coefficient (Wildman–Crippen LogP) is 8.01. The smallest absolute Gasteiger partial charge is 0.410 e. The van der Waals surface area contributed by atoms with E-state index in [1.54, 1.807) is 19.1 Å². The van der Waals surface area contributed by atoms with Gasteiger partial charge in [-0.1, -0.05) is 36.4 Å². The summed E-state index contributed by atoms with van der Waals surface area (Å²) in [6.07, 6.45) is 3.28. The van der Waals surface area contributed by atoms with E-state index >= 15 is 0 Å². The van der Waals surface area contributed by atoms with Crippen molar-refractivity contribution in [2.24, 2.45) is 0 Å². The zero-order valence-electron chi connectivity index (χ0n) is 31.0. The number of likely N-dealkylation sites (tertiary alicyclic amines) is 1. The van der Waals surface area contributed by atoms with Crippen LogP contribution in [0.2, 0.25) is 0 Å². The number of carbonyl (C=O) groups is 2. The fraction of sp³-hybridized carbons (Fsp3) is 0.512. The van der Waals surface area contributed by atoms with E-state index in [0.717, 1.165) is 77.3 Å². The van der Waals surface area contributed by atoms with Gasteiger partial charge in [0.2, 0.25) is 5.91 Å². The third-order valence-electron chi connectivity index (χ3n) is 9.27. The number of nitrogens with zero attached hydrogens (tertiary/aromatic N) is 1. The van der Waals surface area contributed by atoms with Gasteiger partial charge >= 0.3 is 6.09 Å². The Balaban J connectivity index is 1.29. The minimum atomic E-state index is -0.601. The van der Waals surface area contributed by atoms with Crippen molar-refractivity contribution >= 4 is 17.7 Å². The number of aryl methyl sites for hydroxylation is 2. The molecular weight excluding hydrogens is 648 g/mol. The molecular formula is C41H54N2O8. The van der Waals surface area contributed by atoms with Crippen molar-refractivity contribution in [2.45, 2.75) is 89.9 Å². The highest BCUT2D eigenvalue weighted by atomic mass is 16.6. The summed E-state index contributed by atoms with van der Waals surface area (Å²) in [7, 11) is 3.34. The van der Waals surface area contributed by atoms with Gasteiger partial charge < -0.3 is 38.6 Å². The van der Waals surface area contributed by atoms with Crippen molar-refractivity contribution in [1.82, 2.24) is 4.90 Å². The van der Waals surface area contributed by atoms with Gasteiger partial charge in [-0.15, -0.1) is 0 Å². The number of piperidine rings is 1. The number of methoxy groups -OCH3 is 2. The number of ether oxygens (including phenoxy) is 6. The molecule has 2 amide bonds. The van der Waals surface area contributed by atoms with E-state index in [-0.39, 0.29) is 30.1 Å². The van der Waals surface area contributed by atoms with Crippen LogP contribution in [-0.2, 0) is 25.4 Å². The monoisotopic (exact) mass is 702 g/mol. The molecule has 51 heavy (non-hydrogen) atoms. The summed E-state index contributed by atoms with van der Waals surface area (Å²) in [5, 5.41) is 3.03. The Kier molecular flexibility index (Phi) is 13.2. The standard InChI is InChI=1S/C41H54N2O8/c1-28-10-7-11-36(47-6)39(28)49-25-9-24-48-32-18-15-29(16-19-32)33-21-22-43(40(45)51-41(2,3)4)27-37(33)50-35(12-8-23-46-5)31-14-13-30-17-20-38(44)42-34(30)26-31/h7,10-11,13-16,18-19,26,33,35,37H,8-9,12,17,20-25,27H2,1-6H3,(H,42,44). The summed E-state index contributed by atoms with van der Waals surface area (Å²) in [6, 6.07) is 20.3. The van der Waals surface area contributed by atoms with Crippen LogP contribution < -0.4 is 19.5 Å². The number of nitrogens with one attached hydrogen (secondary N) is 1. The SMILES string of the molecule is COCCCC(OC1CN(C(=O)OC(C)(C)C)CCC1c1ccc(OCCCOc2c(C)cccc2OC)cc1)c1ccc2c(c1)NC(=O)CC2. The molecule has 10 heteroatoms.